The molecule has 0 saturated carbocycles. The molecular weight excluding hydrogens is 328 g/mol. The number of amides is 1. The fraction of sp³-hybridized carbons (Fsp3) is 0.529. The monoisotopic (exact) mass is 350 g/mol. The Morgan fingerprint density at radius 3 is 2.58 bits per heavy atom. The summed E-state index contributed by atoms with van der Waals surface area (Å²) >= 11 is 1.51. The molecule has 0 unspecified atom stereocenters. The molecule has 0 atom stereocenters. The van der Waals surface area contributed by atoms with Crippen LogP contribution in [0.15, 0.2) is 5.57 Å². The summed E-state index contributed by atoms with van der Waals surface area (Å²) in [5, 5.41) is 19.0. The Morgan fingerprint density at radius 1 is 1.29 bits per heavy atom. The van der Waals surface area contributed by atoms with Gasteiger partial charge in [-0.2, -0.15) is 0 Å². The first-order valence-electron chi connectivity index (χ1n) is 8.00. The maximum atomic E-state index is 12.0. The number of hydrogen-bond acceptors (Lipinski definition) is 4. The van der Waals surface area contributed by atoms with Crippen LogP contribution in [0.5, 0.6) is 0 Å². The van der Waals surface area contributed by atoms with Gasteiger partial charge in [0.2, 0.25) is 0 Å². The van der Waals surface area contributed by atoms with Crippen molar-refractivity contribution < 1.29 is 19.8 Å². The number of carbonyl (C=O) groups is 2. The molecular formula is C17H22N2O4S. The van der Waals surface area contributed by atoms with Crippen LogP contribution in [0.4, 0.5) is 4.79 Å². The van der Waals surface area contributed by atoms with Crippen molar-refractivity contribution in [2.75, 3.05) is 19.6 Å². The summed E-state index contributed by atoms with van der Waals surface area (Å²) in [7, 11) is 0. The Morgan fingerprint density at radius 2 is 2.00 bits per heavy atom. The third kappa shape index (κ3) is 2.82. The zero-order chi connectivity index (χ0) is 17.6. The highest BCUT2D eigenvalue weighted by atomic mass is 32.1. The number of nitrogens with zero attached hydrogens (tertiary/aromatic N) is 1. The second-order valence-corrected chi connectivity index (χ2v) is 8.38. The zero-order valence-corrected chi connectivity index (χ0v) is 14.7. The van der Waals surface area contributed by atoms with Gasteiger partial charge in [-0.3, -0.25) is 4.90 Å². The van der Waals surface area contributed by atoms with E-state index in [0.717, 1.165) is 40.8 Å². The first-order chi connectivity index (χ1) is 11.2. The van der Waals surface area contributed by atoms with Gasteiger partial charge in [0.25, 0.3) is 0 Å². The van der Waals surface area contributed by atoms with Crippen molar-refractivity contribution in [3.8, 4) is 0 Å². The molecule has 3 rings (SSSR count). The topological polar surface area (TPSA) is 104 Å². The van der Waals surface area contributed by atoms with E-state index in [-0.39, 0.29) is 25.0 Å². The van der Waals surface area contributed by atoms with Gasteiger partial charge >= 0.3 is 12.1 Å². The van der Waals surface area contributed by atoms with Crippen LogP contribution in [-0.2, 0) is 12.8 Å². The van der Waals surface area contributed by atoms with E-state index < -0.39 is 12.1 Å². The number of carboxylic acids is 1. The van der Waals surface area contributed by atoms with Crippen molar-refractivity contribution in [3.05, 3.63) is 26.5 Å². The molecule has 0 saturated heterocycles. The zero-order valence-electron chi connectivity index (χ0n) is 13.9. The van der Waals surface area contributed by atoms with Gasteiger partial charge in [-0.05, 0) is 41.4 Å². The number of hydrogen-bond donors (Lipinski definition) is 3. The number of aryl methyl sites for hydroxylation is 1. The molecule has 1 aromatic rings. The first-order valence-corrected chi connectivity index (χ1v) is 8.82. The minimum absolute atomic E-state index is 0.0867. The summed E-state index contributed by atoms with van der Waals surface area (Å²) in [5.41, 5.74) is 8.77. The number of rotatable bonds is 3. The molecule has 6 nitrogen and oxygen atoms in total. The van der Waals surface area contributed by atoms with Crippen molar-refractivity contribution in [1.29, 1.82) is 0 Å². The molecule has 1 aromatic heterocycles. The third-order valence-corrected chi connectivity index (χ3v) is 6.29. The van der Waals surface area contributed by atoms with E-state index in [1.807, 2.05) is 0 Å². The summed E-state index contributed by atoms with van der Waals surface area (Å²) in [6, 6.07) is 0. The molecule has 1 aliphatic heterocycles. The quantitative estimate of drug-likeness (QED) is 0.777. The van der Waals surface area contributed by atoms with E-state index in [1.54, 1.807) is 0 Å². The highest BCUT2D eigenvalue weighted by molar-refractivity contribution is 7.13. The van der Waals surface area contributed by atoms with Crippen molar-refractivity contribution in [1.82, 2.24) is 4.90 Å². The lowest BCUT2D eigenvalue weighted by Crippen LogP contribution is -2.28. The molecule has 0 fully saturated rings. The van der Waals surface area contributed by atoms with Crippen molar-refractivity contribution in [2.24, 2.45) is 11.1 Å². The van der Waals surface area contributed by atoms with E-state index in [4.69, 9.17) is 5.73 Å². The molecule has 0 bridgehead atoms. The number of fused-ring (bicyclic) bond motifs is 1. The average Bonchev–Trinajstić information content (AvgIpc) is 3.06. The lowest BCUT2D eigenvalue weighted by molar-refractivity contribution is 0.0695. The SMILES string of the molecule is CC1(C)CCc2sc(C3=C(CN)CN(C(=O)O)C3)c(C(=O)O)c2C1. The molecule has 0 radical (unpaired) electrons. The lowest BCUT2D eigenvalue weighted by Gasteiger charge is -2.29. The van der Waals surface area contributed by atoms with Crippen molar-refractivity contribution in [3.63, 3.8) is 0 Å². The highest BCUT2D eigenvalue weighted by Gasteiger charge is 2.36. The van der Waals surface area contributed by atoms with Gasteiger partial charge in [0.1, 0.15) is 0 Å². The van der Waals surface area contributed by atoms with Crippen molar-refractivity contribution in [2.45, 2.75) is 33.1 Å². The molecule has 24 heavy (non-hydrogen) atoms. The van der Waals surface area contributed by atoms with Gasteiger partial charge < -0.3 is 15.9 Å². The fourth-order valence-electron chi connectivity index (χ4n) is 3.60. The molecule has 2 heterocycles. The van der Waals surface area contributed by atoms with Gasteiger partial charge in [-0.15, -0.1) is 11.3 Å². The molecule has 0 spiro atoms. The van der Waals surface area contributed by atoms with Crippen LogP contribution >= 0.6 is 11.3 Å². The van der Waals surface area contributed by atoms with E-state index in [1.165, 1.54) is 16.2 Å². The second kappa shape index (κ2) is 5.89. The third-order valence-electron chi connectivity index (χ3n) is 4.94. The van der Waals surface area contributed by atoms with Crippen LogP contribution in [0.1, 0.15) is 45.9 Å². The fourth-order valence-corrected chi connectivity index (χ4v) is 4.99. The highest BCUT2D eigenvalue weighted by Crippen LogP contribution is 2.45. The summed E-state index contributed by atoms with van der Waals surface area (Å²) in [4.78, 5) is 26.4. The van der Waals surface area contributed by atoms with Gasteiger partial charge in [0.05, 0.1) is 12.1 Å². The predicted octanol–water partition coefficient (Wildman–Crippen LogP) is 2.67. The minimum atomic E-state index is -1.00. The van der Waals surface area contributed by atoms with Crippen molar-refractivity contribution >= 4 is 29.0 Å². The van der Waals surface area contributed by atoms with Crippen LogP contribution < -0.4 is 5.73 Å². The van der Waals surface area contributed by atoms with E-state index in [2.05, 4.69) is 13.8 Å². The standard InChI is InChI=1S/C17H22N2O4S/c1-17(2)4-3-12-10(5-17)13(15(20)21)14(24-12)11-8-19(16(22)23)7-9(11)6-18/h3-8,18H2,1-2H3,(H,20,21)(H,22,23). The molecule has 0 aromatic carbocycles. The normalized spacial score (nSPS) is 19.5. The second-order valence-electron chi connectivity index (χ2n) is 7.28. The Labute approximate surface area is 144 Å². The first kappa shape index (κ1) is 17.0. The van der Waals surface area contributed by atoms with Crippen LogP contribution in [0.25, 0.3) is 5.57 Å². The van der Waals surface area contributed by atoms with Gasteiger partial charge in [0, 0.05) is 22.8 Å². The molecule has 130 valence electrons. The maximum absolute atomic E-state index is 12.0. The smallest absolute Gasteiger partial charge is 0.407 e. The lowest BCUT2D eigenvalue weighted by atomic mass is 9.76. The molecule has 4 N–H and O–H groups in total. The molecule has 2 aliphatic rings. The molecule has 7 heteroatoms. The summed E-state index contributed by atoms with van der Waals surface area (Å²) in [6.07, 6.45) is 1.65. The van der Waals surface area contributed by atoms with Crippen LogP contribution in [-0.4, -0.2) is 46.8 Å². The molecule has 1 amide bonds. The summed E-state index contributed by atoms with van der Waals surface area (Å²) < 4.78 is 0. The summed E-state index contributed by atoms with van der Waals surface area (Å²) in [6.45, 7) is 5.03. The molecule has 1 aliphatic carbocycles. The van der Waals surface area contributed by atoms with Crippen LogP contribution in [0.2, 0.25) is 0 Å². The van der Waals surface area contributed by atoms with Crippen LogP contribution in [0.3, 0.4) is 0 Å². The van der Waals surface area contributed by atoms with Crippen LogP contribution in [0, 0.1) is 5.41 Å². The maximum Gasteiger partial charge on any atom is 0.407 e. The Bertz CT molecular complexity index is 748. The Hall–Kier alpha value is -1.86. The Balaban J connectivity index is 2.10. The number of thiophene rings is 1. The minimum Gasteiger partial charge on any atom is -0.478 e. The van der Waals surface area contributed by atoms with Gasteiger partial charge in [-0.1, -0.05) is 13.8 Å². The van der Waals surface area contributed by atoms with E-state index in [0.29, 0.717) is 10.4 Å². The van der Waals surface area contributed by atoms with Gasteiger partial charge in [-0.25, -0.2) is 9.59 Å². The number of nitrogens with two attached hydrogens (primary N) is 1. The Kier molecular flexibility index (Phi) is 4.17. The summed E-state index contributed by atoms with van der Waals surface area (Å²) in [5.74, 6) is -0.933. The van der Waals surface area contributed by atoms with E-state index >= 15 is 0 Å². The predicted molar refractivity (Wildman–Crippen MR) is 92.7 cm³/mol. The number of aromatic carboxylic acids is 1. The van der Waals surface area contributed by atoms with Gasteiger partial charge in [0.15, 0.2) is 0 Å². The average molecular weight is 350 g/mol. The largest absolute Gasteiger partial charge is 0.478 e. The van der Waals surface area contributed by atoms with E-state index in [9.17, 15) is 19.8 Å². The number of carboxylic acid groups (broad SMARTS) is 2.